The fourth-order valence-electron chi connectivity index (χ4n) is 2.57. The Morgan fingerprint density at radius 2 is 2.14 bits per heavy atom. The monoisotopic (exact) mass is 319 g/mol. The maximum atomic E-state index is 12.1. The summed E-state index contributed by atoms with van der Waals surface area (Å²) in [6, 6.07) is 5.28. The third kappa shape index (κ3) is 2.59. The molecule has 2 N–H and O–H groups in total. The van der Waals surface area contributed by atoms with E-state index in [0.717, 1.165) is 34.2 Å². The van der Waals surface area contributed by atoms with Crippen LogP contribution in [0.4, 0.5) is 0 Å². The number of H-pyrrole nitrogens is 1. The molecule has 3 rings (SSSR count). The summed E-state index contributed by atoms with van der Waals surface area (Å²) in [6.45, 7) is 3.02. The Balaban J connectivity index is 2.11. The molecule has 0 bridgehead atoms. The summed E-state index contributed by atoms with van der Waals surface area (Å²) in [4.78, 5) is 26.2. The number of nitrogens with one attached hydrogen (secondary N) is 1. The Morgan fingerprint density at radius 1 is 1.36 bits per heavy atom. The van der Waals surface area contributed by atoms with Gasteiger partial charge in [0.15, 0.2) is 5.60 Å². The topological polar surface area (TPSA) is 79.4 Å². The van der Waals surface area contributed by atoms with Gasteiger partial charge in [-0.15, -0.1) is 0 Å². The van der Waals surface area contributed by atoms with Gasteiger partial charge in [0.1, 0.15) is 5.75 Å². The average molecular weight is 319 g/mol. The SMILES string of the molecule is CC(C)(Oc1ccc2[nH]c(=O)c3c(c2c1)CCSC3)C(=O)O. The lowest BCUT2D eigenvalue weighted by Gasteiger charge is -2.22. The van der Waals surface area contributed by atoms with Gasteiger partial charge in [-0.25, -0.2) is 4.79 Å². The van der Waals surface area contributed by atoms with Crippen LogP contribution >= 0.6 is 11.8 Å². The van der Waals surface area contributed by atoms with Crippen molar-refractivity contribution in [2.24, 2.45) is 0 Å². The second-order valence-electron chi connectivity index (χ2n) is 5.84. The number of carboxylic acid groups (broad SMARTS) is 1. The van der Waals surface area contributed by atoms with Crippen molar-refractivity contribution in [1.29, 1.82) is 0 Å². The number of rotatable bonds is 3. The van der Waals surface area contributed by atoms with Gasteiger partial charge in [-0.1, -0.05) is 0 Å². The van der Waals surface area contributed by atoms with Crippen LogP contribution in [0.15, 0.2) is 23.0 Å². The van der Waals surface area contributed by atoms with Crippen LogP contribution in [-0.2, 0) is 17.0 Å². The van der Waals surface area contributed by atoms with Gasteiger partial charge in [-0.05, 0) is 49.8 Å². The molecule has 0 radical (unpaired) electrons. The van der Waals surface area contributed by atoms with Crippen LogP contribution < -0.4 is 10.3 Å². The van der Waals surface area contributed by atoms with Gasteiger partial charge in [-0.2, -0.15) is 11.8 Å². The summed E-state index contributed by atoms with van der Waals surface area (Å²) in [5.41, 5.74) is 1.30. The molecule has 1 aliphatic heterocycles. The third-order valence-corrected chi connectivity index (χ3v) is 4.82. The Labute approximate surface area is 131 Å². The normalized spacial score (nSPS) is 14.6. The highest BCUT2D eigenvalue weighted by atomic mass is 32.2. The number of benzene rings is 1. The van der Waals surface area contributed by atoms with E-state index < -0.39 is 11.6 Å². The molecule has 1 aromatic heterocycles. The van der Waals surface area contributed by atoms with Gasteiger partial charge in [0, 0.05) is 22.2 Å². The zero-order valence-electron chi connectivity index (χ0n) is 12.4. The first-order valence-electron chi connectivity index (χ1n) is 7.06. The van der Waals surface area contributed by atoms with Gasteiger partial charge < -0.3 is 14.8 Å². The Hall–Kier alpha value is -1.95. The molecule has 0 fully saturated rings. The number of aromatic nitrogens is 1. The summed E-state index contributed by atoms with van der Waals surface area (Å²) < 4.78 is 5.60. The van der Waals surface area contributed by atoms with Gasteiger partial charge in [0.05, 0.1) is 0 Å². The van der Waals surface area contributed by atoms with Gasteiger partial charge in [0.2, 0.25) is 0 Å². The predicted molar refractivity (Wildman–Crippen MR) is 86.8 cm³/mol. The molecule has 0 saturated carbocycles. The first kappa shape index (κ1) is 15.0. The number of thioether (sulfide) groups is 1. The van der Waals surface area contributed by atoms with E-state index in [9.17, 15) is 9.59 Å². The van der Waals surface area contributed by atoms with Crippen molar-refractivity contribution in [3.63, 3.8) is 0 Å². The number of carboxylic acids is 1. The highest BCUT2D eigenvalue weighted by Gasteiger charge is 2.29. The minimum atomic E-state index is -1.30. The zero-order chi connectivity index (χ0) is 15.9. The largest absolute Gasteiger partial charge is 0.478 e. The van der Waals surface area contributed by atoms with Crippen LogP contribution in [0.5, 0.6) is 5.75 Å². The fourth-order valence-corrected chi connectivity index (χ4v) is 3.57. The Kier molecular flexibility index (Phi) is 3.64. The van der Waals surface area contributed by atoms with E-state index in [1.165, 1.54) is 13.8 Å². The van der Waals surface area contributed by atoms with Crippen LogP contribution in [0, 0.1) is 0 Å². The molecule has 2 heterocycles. The smallest absolute Gasteiger partial charge is 0.347 e. The zero-order valence-corrected chi connectivity index (χ0v) is 13.3. The molecule has 0 unspecified atom stereocenters. The van der Waals surface area contributed by atoms with Crippen molar-refractivity contribution >= 4 is 28.6 Å². The van der Waals surface area contributed by atoms with Crippen molar-refractivity contribution in [2.75, 3.05) is 5.75 Å². The molecule has 0 saturated heterocycles. The number of hydrogen-bond donors (Lipinski definition) is 2. The van der Waals surface area contributed by atoms with E-state index in [-0.39, 0.29) is 5.56 Å². The molecule has 2 aromatic rings. The number of carbonyl (C=O) groups is 1. The molecule has 1 aliphatic rings. The Morgan fingerprint density at radius 3 is 2.86 bits per heavy atom. The number of fused-ring (bicyclic) bond motifs is 3. The third-order valence-electron chi connectivity index (χ3n) is 3.83. The summed E-state index contributed by atoms with van der Waals surface area (Å²) in [5, 5.41) is 10.1. The standard InChI is InChI=1S/C16H17NO4S/c1-16(2,15(19)20)21-9-3-4-13-11(7-9)10-5-6-22-8-12(10)14(18)17-13/h3-4,7H,5-6,8H2,1-2H3,(H,17,18)(H,19,20). The van der Waals surface area contributed by atoms with Crippen LogP contribution in [0.1, 0.15) is 25.0 Å². The maximum absolute atomic E-state index is 12.1. The molecule has 0 aliphatic carbocycles. The molecule has 5 nitrogen and oxygen atoms in total. The van der Waals surface area contributed by atoms with Crippen molar-refractivity contribution in [3.8, 4) is 5.75 Å². The average Bonchev–Trinajstić information content (AvgIpc) is 2.48. The number of aliphatic carboxylic acids is 1. The minimum absolute atomic E-state index is 0.0331. The number of aryl methyl sites for hydroxylation is 1. The van der Waals surface area contributed by atoms with Crippen LogP contribution in [0.2, 0.25) is 0 Å². The molecule has 116 valence electrons. The summed E-state index contributed by atoms with van der Waals surface area (Å²) in [5.74, 6) is 1.17. The number of pyridine rings is 1. The number of ether oxygens (including phenoxy) is 1. The molecule has 0 amide bonds. The first-order valence-corrected chi connectivity index (χ1v) is 8.22. The van der Waals surface area contributed by atoms with Crippen molar-refractivity contribution in [1.82, 2.24) is 4.98 Å². The highest BCUT2D eigenvalue weighted by molar-refractivity contribution is 7.98. The van der Waals surface area contributed by atoms with Crippen LogP contribution in [0.3, 0.4) is 0 Å². The van der Waals surface area contributed by atoms with E-state index >= 15 is 0 Å². The van der Waals surface area contributed by atoms with Crippen LogP contribution in [-0.4, -0.2) is 27.4 Å². The highest BCUT2D eigenvalue weighted by Crippen LogP contribution is 2.30. The summed E-state index contributed by atoms with van der Waals surface area (Å²) in [7, 11) is 0. The molecular weight excluding hydrogens is 302 g/mol. The van der Waals surface area contributed by atoms with Crippen molar-refractivity contribution < 1.29 is 14.6 Å². The number of aromatic amines is 1. The minimum Gasteiger partial charge on any atom is -0.478 e. The fraction of sp³-hybridized carbons (Fsp3) is 0.375. The van der Waals surface area contributed by atoms with Crippen molar-refractivity contribution in [2.45, 2.75) is 31.6 Å². The maximum Gasteiger partial charge on any atom is 0.347 e. The van der Waals surface area contributed by atoms with Crippen LogP contribution in [0.25, 0.3) is 10.9 Å². The molecule has 22 heavy (non-hydrogen) atoms. The van der Waals surface area contributed by atoms with Gasteiger partial charge in [0.25, 0.3) is 5.56 Å². The molecule has 6 heteroatoms. The van der Waals surface area contributed by atoms with Gasteiger partial charge in [-0.3, -0.25) is 4.79 Å². The molecule has 1 aromatic carbocycles. The van der Waals surface area contributed by atoms with E-state index in [4.69, 9.17) is 9.84 Å². The quantitative estimate of drug-likeness (QED) is 0.909. The van der Waals surface area contributed by atoms with Gasteiger partial charge >= 0.3 is 5.97 Å². The second kappa shape index (κ2) is 5.35. The predicted octanol–water partition coefficient (Wildman–Crippen LogP) is 2.56. The van der Waals surface area contributed by atoms with E-state index in [2.05, 4.69) is 4.98 Å². The number of hydrogen-bond acceptors (Lipinski definition) is 4. The molecular formula is C16H17NO4S. The van der Waals surface area contributed by atoms with E-state index in [1.54, 1.807) is 23.9 Å². The lowest BCUT2D eigenvalue weighted by atomic mass is 10.0. The lowest BCUT2D eigenvalue weighted by molar-refractivity contribution is -0.152. The summed E-state index contributed by atoms with van der Waals surface area (Å²) >= 11 is 1.75. The van der Waals surface area contributed by atoms with Crippen molar-refractivity contribution in [3.05, 3.63) is 39.7 Å². The second-order valence-corrected chi connectivity index (χ2v) is 6.94. The molecule has 0 spiro atoms. The Bertz CT molecular complexity index is 810. The van der Waals surface area contributed by atoms with E-state index in [1.807, 2.05) is 6.07 Å². The molecule has 0 atom stereocenters. The van der Waals surface area contributed by atoms with E-state index in [0.29, 0.717) is 11.5 Å². The summed E-state index contributed by atoms with van der Waals surface area (Å²) in [6.07, 6.45) is 0.839. The lowest BCUT2D eigenvalue weighted by Crippen LogP contribution is -2.37. The first-order chi connectivity index (χ1) is 10.4.